The number of ether oxygens (including phenoxy) is 1. The first kappa shape index (κ1) is 19.0. The molecule has 6 heteroatoms. The zero-order valence-electron chi connectivity index (χ0n) is 15.8. The molecule has 27 heavy (non-hydrogen) atoms. The third kappa shape index (κ3) is 4.92. The van der Waals surface area contributed by atoms with Crippen molar-refractivity contribution < 1.29 is 14.3 Å². The van der Waals surface area contributed by atoms with E-state index in [1.54, 1.807) is 7.11 Å². The zero-order valence-corrected chi connectivity index (χ0v) is 15.8. The number of aromatic nitrogens is 1. The van der Waals surface area contributed by atoms with Gasteiger partial charge in [-0.25, -0.2) is 0 Å². The van der Waals surface area contributed by atoms with Crippen LogP contribution < -0.4 is 5.32 Å². The molecule has 2 heterocycles. The van der Waals surface area contributed by atoms with Crippen molar-refractivity contribution in [3.05, 3.63) is 48.2 Å². The van der Waals surface area contributed by atoms with Gasteiger partial charge >= 0.3 is 0 Å². The minimum Gasteiger partial charge on any atom is -0.375 e. The predicted octanol–water partition coefficient (Wildman–Crippen LogP) is 3.06. The fraction of sp³-hybridized carbons (Fsp3) is 0.381. The van der Waals surface area contributed by atoms with Crippen LogP contribution in [0, 0.1) is 0 Å². The Morgan fingerprint density at radius 1 is 1.26 bits per heavy atom. The largest absolute Gasteiger partial charge is 0.375 e. The molecule has 0 spiro atoms. The van der Waals surface area contributed by atoms with E-state index < -0.39 is 0 Å². The Balaban J connectivity index is 1.79. The van der Waals surface area contributed by atoms with Crippen LogP contribution in [0.15, 0.2) is 42.5 Å². The molecule has 1 unspecified atom stereocenters. The fourth-order valence-corrected chi connectivity index (χ4v) is 3.46. The van der Waals surface area contributed by atoms with Crippen LogP contribution in [0.5, 0.6) is 0 Å². The van der Waals surface area contributed by atoms with Gasteiger partial charge in [-0.1, -0.05) is 18.2 Å². The van der Waals surface area contributed by atoms with Crippen molar-refractivity contribution >= 4 is 17.5 Å². The lowest BCUT2D eigenvalue weighted by Gasteiger charge is -2.32. The van der Waals surface area contributed by atoms with Crippen LogP contribution in [0.3, 0.4) is 0 Å². The number of amides is 2. The van der Waals surface area contributed by atoms with Crippen LogP contribution in [0.25, 0.3) is 11.3 Å². The van der Waals surface area contributed by atoms with Crippen molar-refractivity contribution in [3.8, 4) is 11.3 Å². The summed E-state index contributed by atoms with van der Waals surface area (Å²) in [6.45, 7) is 3.06. The Morgan fingerprint density at radius 2 is 2.07 bits per heavy atom. The Bertz CT molecular complexity index is 822. The van der Waals surface area contributed by atoms with Crippen LogP contribution in [0.1, 0.15) is 31.4 Å². The number of likely N-dealkylation sites (tertiary alicyclic amines) is 1. The van der Waals surface area contributed by atoms with Gasteiger partial charge in [0.2, 0.25) is 11.8 Å². The minimum absolute atomic E-state index is 0.0290. The lowest BCUT2D eigenvalue weighted by Crippen LogP contribution is -2.41. The molecule has 1 fully saturated rings. The molecule has 0 saturated carbocycles. The average molecular weight is 367 g/mol. The van der Waals surface area contributed by atoms with Crippen molar-refractivity contribution in [2.24, 2.45) is 0 Å². The highest BCUT2D eigenvalue weighted by atomic mass is 16.5. The zero-order chi connectivity index (χ0) is 19.2. The highest BCUT2D eigenvalue weighted by Crippen LogP contribution is 2.28. The number of piperidine rings is 1. The molecule has 6 nitrogen and oxygen atoms in total. The minimum atomic E-state index is -0.100. The fourth-order valence-electron chi connectivity index (χ4n) is 3.46. The Morgan fingerprint density at radius 3 is 2.85 bits per heavy atom. The van der Waals surface area contributed by atoms with Crippen molar-refractivity contribution in [2.75, 3.05) is 32.1 Å². The number of rotatable bonds is 5. The summed E-state index contributed by atoms with van der Waals surface area (Å²) in [6, 6.07) is 13.6. The van der Waals surface area contributed by atoms with Gasteiger partial charge in [-0.05, 0) is 37.1 Å². The smallest absolute Gasteiger partial charge is 0.248 e. The Hall–Kier alpha value is -2.73. The van der Waals surface area contributed by atoms with Crippen molar-refractivity contribution in [1.82, 2.24) is 9.88 Å². The van der Waals surface area contributed by atoms with Gasteiger partial charge in [0.05, 0.1) is 5.69 Å². The van der Waals surface area contributed by atoms with E-state index in [9.17, 15) is 9.59 Å². The SMILES string of the molecule is COCC(=O)N1CCCC(c2cccc(-c3cccc(NC(C)=O)c3)n2)C1. The number of carbonyl (C=O) groups is 2. The number of hydrogen-bond acceptors (Lipinski definition) is 4. The summed E-state index contributed by atoms with van der Waals surface area (Å²) >= 11 is 0. The van der Waals surface area contributed by atoms with E-state index in [0.717, 1.165) is 42.0 Å². The quantitative estimate of drug-likeness (QED) is 0.882. The molecule has 2 aromatic rings. The Kier molecular flexibility index (Phi) is 6.19. The van der Waals surface area contributed by atoms with Crippen LogP contribution >= 0.6 is 0 Å². The van der Waals surface area contributed by atoms with Gasteiger partial charge in [-0.15, -0.1) is 0 Å². The number of hydrogen-bond donors (Lipinski definition) is 1. The predicted molar refractivity (Wildman–Crippen MR) is 104 cm³/mol. The standard InChI is InChI=1S/C21H25N3O3/c1-15(25)22-18-8-3-6-16(12-18)19-9-4-10-20(23-19)17-7-5-11-24(13-17)21(26)14-27-2/h3-4,6,8-10,12,17H,5,7,11,13-14H2,1-2H3,(H,22,25). The first-order valence-electron chi connectivity index (χ1n) is 9.18. The summed E-state index contributed by atoms with van der Waals surface area (Å²) in [7, 11) is 1.54. The summed E-state index contributed by atoms with van der Waals surface area (Å²) in [5.41, 5.74) is 3.56. The second-order valence-corrected chi connectivity index (χ2v) is 6.82. The van der Waals surface area contributed by atoms with E-state index in [1.165, 1.54) is 6.92 Å². The third-order valence-corrected chi connectivity index (χ3v) is 4.71. The molecule has 0 radical (unpaired) electrons. The molecule has 1 aromatic carbocycles. The van der Waals surface area contributed by atoms with Gasteiger partial charge in [0, 0.05) is 50.0 Å². The summed E-state index contributed by atoms with van der Waals surface area (Å²) in [6.07, 6.45) is 1.98. The number of nitrogens with one attached hydrogen (secondary N) is 1. The number of anilines is 1. The van der Waals surface area contributed by atoms with Gasteiger partial charge in [-0.2, -0.15) is 0 Å². The molecule has 1 saturated heterocycles. The average Bonchev–Trinajstić information content (AvgIpc) is 2.68. The van der Waals surface area contributed by atoms with Crippen LogP contribution in [0.4, 0.5) is 5.69 Å². The topological polar surface area (TPSA) is 71.5 Å². The number of carbonyl (C=O) groups excluding carboxylic acids is 2. The Labute approximate surface area is 159 Å². The first-order chi connectivity index (χ1) is 13.1. The summed E-state index contributed by atoms with van der Waals surface area (Å²) in [4.78, 5) is 30.1. The molecule has 0 aliphatic carbocycles. The molecule has 0 bridgehead atoms. The molecule has 1 atom stereocenters. The molecule has 1 aromatic heterocycles. The van der Waals surface area contributed by atoms with E-state index >= 15 is 0 Å². The molecule has 2 amide bonds. The molecule has 1 aliphatic heterocycles. The van der Waals surface area contributed by atoms with Crippen LogP contribution in [-0.2, 0) is 14.3 Å². The van der Waals surface area contributed by atoms with Crippen LogP contribution in [-0.4, -0.2) is 48.5 Å². The summed E-state index contributed by atoms with van der Waals surface area (Å²) in [5, 5.41) is 2.80. The lowest BCUT2D eigenvalue weighted by molar-refractivity contribution is -0.136. The number of pyridine rings is 1. The van der Waals surface area contributed by atoms with E-state index in [2.05, 4.69) is 5.32 Å². The monoisotopic (exact) mass is 367 g/mol. The second kappa shape index (κ2) is 8.77. The summed E-state index contributed by atoms with van der Waals surface area (Å²) in [5.74, 6) is 0.149. The molecule has 1 aliphatic rings. The van der Waals surface area contributed by atoms with E-state index in [4.69, 9.17) is 9.72 Å². The highest BCUT2D eigenvalue weighted by molar-refractivity contribution is 5.89. The molecule has 1 N–H and O–H groups in total. The number of benzene rings is 1. The second-order valence-electron chi connectivity index (χ2n) is 6.82. The highest BCUT2D eigenvalue weighted by Gasteiger charge is 2.25. The molecule has 3 rings (SSSR count). The number of methoxy groups -OCH3 is 1. The van der Waals surface area contributed by atoms with Gasteiger partial charge in [-0.3, -0.25) is 14.6 Å². The van der Waals surface area contributed by atoms with E-state index in [1.807, 2.05) is 47.4 Å². The van der Waals surface area contributed by atoms with Crippen molar-refractivity contribution in [2.45, 2.75) is 25.7 Å². The van der Waals surface area contributed by atoms with Gasteiger partial charge in [0.15, 0.2) is 0 Å². The summed E-state index contributed by atoms with van der Waals surface area (Å²) < 4.78 is 4.98. The van der Waals surface area contributed by atoms with E-state index in [-0.39, 0.29) is 24.3 Å². The van der Waals surface area contributed by atoms with Crippen molar-refractivity contribution in [3.63, 3.8) is 0 Å². The molecular formula is C21H25N3O3. The van der Waals surface area contributed by atoms with E-state index in [0.29, 0.717) is 6.54 Å². The van der Waals surface area contributed by atoms with Gasteiger partial charge < -0.3 is 15.0 Å². The van der Waals surface area contributed by atoms with Gasteiger partial charge in [0.1, 0.15) is 6.61 Å². The maximum Gasteiger partial charge on any atom is 0.248 e. The maximum absolute atomic E-state index is 12.1. The normalized spacial score (nSPS) is 16.8. The maximum atomic E-state index is 12.1. The molecule has 142 valence electrons. The van der Waals surface area contributed by atoms with Crippen LogP contribution in [0.2, 0.25) is 0 Å². The van der Waals surface area contributed by atoms with Crippen molar-refractivity contribution in [1.29, 1.82) is 0 Å². The number of nitrogens with zero attached hydrogens (tertiary/aromatic N) is 2. The lowest BCUT2D eigenvalue weighted by atomic mass is 9.93. The van der Waals surface area contributed by atoms with Gasteiger partial charge in [0.25, 0.3) is 0 Å². The first-order valence-corrected chi connectivity index (χ1v) is 9.18. The third-order valence-electron chi connectivity index (χ3n) is 4.71. The molecular weight excluding hydrogens is 342 g/mol.